The Morgan fingerprint density at radius 1 is 1.38 bits per heavy atom. The topological polar surface area (TPSA) is 38.0 Å². The predicted octanol–water partition coefficient (Wildman–Crippen LogP) is 2.36. The number of nitrogens with two attached hydrogens (primary N) is 1. The molecule has 0 aliphatic rings. The van der Waals surface area contributed by atoms with Crippen LogP contribution in [0.1, 0.15) is 18.4 Å². The van der Waals surface area contributed by atoms with E-state index in [0.29, 0.717) is 17.9 Å². The number of hydrazine groups is 1. The average Bonchev–Trinajstić information content (AvgIpc) is 2.27. The Bertz CT molecular complexity index is 334. The van der Waals surface area contributed by atoms with Crippen molar-refractivity contribution in [3.63, 3.8) is 0 Å². The summed E-state index contributed by atoms with van der Waals surface area (Å²) >= 11 is 5.57. The molecule has 0 aliphatic heterocycles. The van der Waals surface area contributed by atoms with Crippen LogP contribution < -0.4 is 11.3 Å². The first-order chi connectivity index (χ1) is 7.67. The third kappa shape index (κ3) is 4.04. The molecule has 0 aromatic heterocycles. The van der Waals surface area contributed by atoms with Crippen LogP contribution in [0, 0.1) is 11.6 Å². The van der Waals surface area contributed by atoms with Crippen LogP contribution in [0.25, 0.3) is 0 Å². The van der Waals surface area contributed by atoms with Crippen molar-refractivity contribution in [3.05, 3.63) is 35.4 Å². The van der Waals surface area contributed by atoms with Crippen LogP contribution in [0.3, 0.4) is 0 Å². The fraction of sp³-hybridized carbons (Fsp3) is 0.455. The average molecular weight is 249 g/mol. The van der Waals surface area contributed by atoms with Gasteiger partial charge in [0.25, 0.3) is 0 Å². The van der Waals surface area contributed by atoms with Gasteiger partial charge in [-0.2, -0.15) is 0 Å². The molecule has 0 aliphatic carbocycles. The molecule has 0 bridgehead atoms. The molecule has 0 amide bonds. The number of benzene rings is 1. The predicted molar refractivity (Wildman–Crippen MR) is 61.1 cm³/mol. The molecule has 0 heterocycles. The number of halogens is 3. The first-order valence-electron chi connectivity index (χ1n) is 5.13. The first-order valence-corrected chi connectivity index (χ1v) is 5.67. The SMILES string of the molecule is NNC(CCCCl)Cc1ccc(F)cc1F. The Morgan fingerprint density at radius 3 is 2.69 bits per heavy atom. The summed E-state index contributed by atoms with van der Waals surface area (Å²) in [5, 5.41) is 0. The molecule has 1 aromatic carbocycles. The van der Waals surface area contributed by atoms with Gasteiger partial charge in [-0.25, -0.2) is 8.78 Å². The van der Waals surface area contributed by atoms with Gasteiger partial charge in [0.2, 0.25) is 0 Å². The summed E-state index contributed by atoms with van der Waals surface area (Å²) in [7, 11) is 0. The number of hydrogen-bond acceptors (Lipinski definition) is 2. The van der Waals surface area contributed by atoms with E-state index in [1.165, 1.54) is 12.1 Å². The summed E-state index contributed by atoms with van der Waals surface area (Å²) in [5.41, 5.74) is 3.07. The highest BCUT2D eigenvalue weighted by Gasteiger charge is 2.11. The Labute approximate surface area is 98.8 Å². The van der Waals surface area contributed by atoms with Gasteiger partial charge in [-0.15, -0.1) is 11.6 Å². The minimum Gasteiger partial charge on any atom is -0.271 e. The van der Waals surface area contributed by atoms with Gasteiger partial charge in [0, 0.05) is 18.0 Å². The molecule has 1 rings (SSSR count). The minimum atomic E-state index is -0.570. The standard InChI is InChI=1S/C11H15ClF2N2/c12-5-1-2-10(16-15)6-8-3-4-9(13)7-11(8)14/h3-4,7,10,16H,1-2,5-6,15H2. The van der Waals surface area contributed by atoms with Crippen molar-refractivity contribution in [3.8, 4) is 0 Å². The highest BCUT2D eigenvalue weighted by Crippen LogP contribution is 2.13. The van der Waals surface area contributed by atoms with Crippen molar-refractivity contribution in [2.24, 2.45) is 5.84 Å². The smallest absolute Gasteiger partial charge is 0.129 e. The lowest BCUT2D eigenvalue weighted by Crippen LogP contribution is -2.37. The molecule has 0 saturated heterocycles. The second kappa shape index (κ2) is 6.78. The maximum atomic E-state index is 13.3. The molecule has 2 nitrogen and oxygen atoms in total. The van der Waals surface area contributed by atoms with Crippen LogP contribution in [-0.2, 0) is 6.42 Å². The Morgan fingerprint density at radius 2 is 2.12 bits per heavy atom. The lowest BCUT2D eigenvalue weighted by atomic mass is 10.0. The molecule has 3 N–H and O–H groups in total. The molecule has 5 heteroatoms. The maximum Gasteiger partial charge on any atom is 0.129 e. The zero-order valence-corrected chi connectivity index (χ0v) is 9.61. The van der Waals surface area contributed by atoms with Gasteiger partial charge in [-0.3, -0.25) is 11.3 Å². The van der Waals surface area contributed by atoms with E-state index in [-0.39, 0.29) is 6.04 Å². The fourth-order valence-electron chi connectivity index (χ4n) is 1.52. The highest BCUT2D eigenvalue weighted by molar-refractivity contribution is 6.17. The molecule has 0 saturated carbocycles. The highest BCUT2D eigenvalue weighted by atomic mass is 35.5. The summed E-state index contributed by atoms with van der Waals surface area (Å²) in [6.07, 6.45) is 2.00. The Kier molecular flexibility index (Phi) is 5.66. The normalized spacial score (nSPS) is 12.8. The number of hydrogen-bond donors (Lipinski definition) is 2. The van der Waals surface area contributed by atoms with Crippen LogP contribution in [0.4, 0.5) is 8.78 Å². The molecule has 0 spiro atoms. The third-order valence-corrected chi connectivity index (χ3v) is 2.67. The molecule has 90 valence electrons. The van der Waals surface area contributed by atoms with Crippen LogP contribution in [-0.4, -0.2) is 11.9 Å². The second-order valence-corrected chi connectivity index (χ2v) is 4.01. The van der Waals surface area contributed by atoms with E-state index < -0.39 is 11.6 Å². The number of alkyl halides is 1. The van der Waals surface area contributed by atoms with Gasteiger partial charge < -0.3 is 0 Å². The Balaban J connectivity index is 2.62. The number of rotatable bonds is 6. The molecule has 1 aromatic rings. The van der Waals surface area contributed by atoms with E-state index in [0.717, 1.165) is 18.9 Å². The van der Waals surface area contributed by atoms with Gasteiger partial charge in [0.05, 0.1) is 0 Å². The summed E-state index contributed by atoms with van der Waals surface area (Å²) < 4.78 is 26.0. The van der Waals surface area contributed by atoms with Gasteiger partial charge in [0.15, 0.2) is 0 Å². The van der Waals surface area contributed by atoms with E-state index in [9.17, 15) is 8.78 Å². The molecule has 16 heavy (non-hydrogen) atoms. The quantitative estimate of drug-likeness (QED) is 0.461. The van der Waals surface area contributed by atoms with Gasteiger partial charge in [0.1, 0.15) is 11.6 Å². The van der Waals surface area contributed by atoms with Crippen LogP contribution in [0.5, 0.6) is 0 Å². The van der Waals surface area contributed by atoms with Gasteiger partial charge in [-0.05, 0) is 30.9 Å². The molecule has 1 atom stereocenters. The number of nitrogens with one attached hydrogen (secondary N) is 1. The minimum absolute atomic E-state index is 0.0429. The van der Waals surface area contributed by atoms with E-state index in [4.69, 9.17) is 17.4 Å². The van der Waals surface area contributed by atoms with Gasteiger partial charge in [-0.1, -0.05) is 6.07 Å². The molecule has 1 unspecified atom stereocenters. The van der Waals surface area contributed by atoms with Crippen molar-refractivity contribution in [2.75, 3.05) is 5.88 Å². The molecular weight excluding hydrogens is 234 g/mol. The maximum absolute atomic E-state index is 13.3. The fourth-order valence-corrected chi connectivity index (χ4v) is 1.67. The molecule has 0 radical (unpaired) electrons. The summed E-state index contributed by atoms with van der Waals surface area (Å²) in [5.74, 6) is 4.79. The van der Waals surface area contributed by atoms with E-state index in [1.54, 1.807) is 0 Å². The van der Waals surface area contributed by atoms with Crippen molar-refractivity contribution in [1.29, 1.82) is 0 Å². The van der Waals surface area contributed by atoms with Crippen molar-refractivity contribution in [1.82, 2.24) is 5.43 Å². The van der Waals surface area contributed by atoms with E-state index in [2.05, 4.69) is 5.43 Å². The monoisotopic (exact) mass is 248 g/mol. The van der Waals surface area contributed by atoms with Crippen LogP contribution >= 0.6 is 11.6 Å². The molecule has 0 fully saturated rings. The van der Waals surface area contributed by atoms with Crippen LogP contribution in [0.15, 0.2) is 18.2 Å². The first kappa shape index (κ1) is 13.4. The largest absolute Gasteiger partial charge is 0.271 e. The van der Waals surface area contributed by atoms with E-state index in [1.807, 2.05) is 0 Å². The van der Waals surface area contributed by atoms with Crippen molar-refractivity contribution in [2.45, 2.75) is 25.3 Å². The lowest BCUT2D eigenvalue weighted by molar-refractivity contribution is 0.474. The summed E-state index contributed by atoms with van der Waals surface area (Å²) in [6, 6.07) is 3.52. The molecular formula is C11H15ClF2N2. The van der Waals surface area contributed by atoms with Crippen molar-refractivity contribution < 1.29 is 8.78 Å². The Hall–Kier alpha value is -0.710. The van der Waals surface area contributed by atoms with E-state index >= 15 is 0 Å². The van der Waals surface area contributed by atoms with Gasteiger partial charge >= 0.3 is 0 Å². The zero-order valence-electron chi connectivity index (χ0n) is 8.85. The summed E-state index contributed by atoms with van der Waals surface area (Å²) in [4.78, 5) is 0. The van der Waals surface area contributed by atoms with Crippen molar-refractivity contribution >= 4 is 11.6 Å². The lowest BCUT2D eigenvalue weighted by Gasteiger charge is -2.15. The summed E-state index contributed by atoms with van der Waals surface area (Å²) in [6.45, 7) is 0. The second-order valence-electron chi connectivity index (χ2n) is 3.63. The van der Waals surface area contributed by atoms with Crippen LogP contribution in [0.2, 0.25) is 0 Å². The third-order valence-electron chi connectivity index (χ3n) is 2.40. The zero-order chi connectivity index (χ0) is 12.0.